The predicted octanol–water partition coefficient (Wildman–Crippen LogP) is 12.7. The molecule has 0 unspecified atom stereocenters. The van der Waals surface area contributed by atoms with Crippen LogP contribution in [0.3, 0.4) is 0 Å². The van der Waals surface area contributed by atoms with E-state index in [1.165, 1.54) is 66.3 Å². The molecule has 0 heterocycles. The fourth-order valence-corrected chi connectivity index (χ4v) is 16.1. The zero-order chi connectivity index (χ0) is 31.8. The van der Waals surface area contributed by atoms with Crippen molar-refractivity contribution in [3.63, 3.8) is 0 Å². The first-order chi connectivity index (χ1) is 21.0. The Kier molecular flexibility index (Phi) is 9.19. The molecule has 0 aliphatic heterocycles. The number of fused-ring (bicyclic) bond motifs is 4. The van der Waals surface area contributed by atoms with Crippen LogP contribution in [0.15, 0.2) is 72.8 Å². The Labute approximate surface area is 268 Å². The minimum Gasteiger partial charge on any atom is -0.125 e. The van der Waals surface area contributed by atoms with Crippen LogP contribution in [0.25, 0.3) is 43.1 Å². The van der Waals surface area contributed by atoms with Crippen molar-refractivity contribution in [3.8, 4) is 22.9 Å². The van der Waals surface area contributed by atoms with E-state index >= 15 is 0 Å². The predicted molar refractivity (Wildman–Crippen MR) is 203 cm³/mol. The molecule has 44 heavy (non-hydrogen) atoms. The summed E-state index contributed by atoms with van der Waals surface area (Å²) >= 11 is 0. The van der Waals surface area contributed by atoms with Gasteiger partial charge in [-0.1, -0.05) is 130 Å². The summed E-state index contributed by atoms with van der Waals surface area (Å²) in [4.78, 5) is 0. The fourth-order valence-electron chi connectivity index (χ4n) is 7.95. The molecule has 0 atom stereocenters. The summed E-state index contributed by atoms with van der Waals surface area (Å²) in [5, 5.41) is 10.0. The number of rotatable bonds is 6. The summed E-state index contributed by atoms with van der Waals surface area (Å²) in [6.07, 6.45) is 0. The van der Waals surface area contributed by atoms with Gasteiger partial charge in [0.05, 0.1) is 0 Å². The highest BCUT2D eigenvalue weighted by molar-refractivity contribution is 6.90. The van der Waals surface area contributed by atoms with E-state index in [9.17, 15) is 0 Å². The van der Waals surface area contributed by atoms with E-state index in [2.05, 4.69) is 165 Å². The van der Waals surface area contributed by atoms with Crippen molar-refractivity contribution in [2.75, 3.05) is 0 Å². The standard InChI is InChI=1S/C42H50Si2/c1-11-43(29(3)4,30(5)6)23-21-37-39-25-33-17-13-15-19-35(33)27-41(39)38(22-24-44(12-2,31(7)8)32(9)10)42-28-36-20-16-14-18-34(36)26-40(37)42/h13-20,25-32H,11-12H2,1-10H3. The monoisotopic (exact) mass is 610 g/mol. The molecule has 0 fully saturated rings. The van der Waals surface area contributed by atoms with Gasteiger partial charge in [0.15, 0.2) is 0 Å². The number of benzene rings is 5. The number of hydrogen-bond donors (Lipinski definition) is 0. The highest BCUT2D eigenvalue weighted by Crippen LogP contribution is 2.40. The van der Waals surface area contributed by atoms with Crippen molar-refractivity contribution in [2.24, 2.45) is 0 Å². The summed E-state index contributed by atoms with van der Waals surface area (Å²) in [5.74, 6) is 7.87. The third-order valence-electron chi connectivity index (χ3n) is 11.0. The normalized spacial score (nSPS) is 12.5. The fraction of sp³-hybridized carbons (Fsp3) is 0.381. The maximum absolute atomic E-state index is 4.05. The Morgan fingerprint density at radius 1 is 0.455 bits per heavy atom. The van der Waals surface area contributed by atoms with E-state index in [0.717, 1.165) is 0 Å². The molecule has 0 nitrogen and oxygen atoms in total. The molecule has 226 valence electrons. The first-order valence-corrected chi connectivity index (χ1v) is 21.6. The molecule has 0 radical (unpaired) electrons. The van der Waals surface area contributed by atoms with Gasteiger partial charge in [-0.3, -0.25) is 0 Å². The Hall–Kier alpha value is -3.31. The summed E-state index contributed by atoms with van der Waals surface area (Å²) < 4.78 is 0. The second-order valence-corrected chi connectivity index (χ2v) is 24.8. The summed E-state index contributed by atoms with van der Waals surface area (Å²) in [5.41, 5.74) is 12.9. The SMILES string of the molecule is CC[Si](C#Cc1c2cc3ccccc3cc2c(C#C[Si](CC)(C(C)C)C(C)C)c2cc3ccccc3cc12)(C(C)C)C(C)C. The molecule has 0 bridgehead atoms. The van der Waals surface area contributed by atoms with Gasteiger partial charge < -0.3 is 0 Å². The number of hydrogen-bond acceptors (Lipinski definition) is 0. The minimum atomic E-state index is -1.86. The van der Waals surface area contributed by atoms with Crippen molar-refractivity contribution in [1.29, 1.82) is 0 Å². The molecular formula is C42H50Si2. The van der Waals surface area contributed by atoms with Gasteiger partial charge in [0.1, 0.15) is 16.1 Å². The van der Waals surface area contributed by atoms with Crippen molar-refractivity contribution >= 4 is 59.2 Å². The maximum Gasteiger partial charge on any atom is 0.143 e. The van der Waals surface area contributed by atoms with E-state index in [1.807, 2.05) is 0 Å². The van der Waals surface area contributed by atoms with Crippen LogP contribution in [0.5, 0.6) is 0 Å². The Morgan fingerprint density at radius 2 is 0.705 bits per heavy atom. The molecule has 0 aliphatic carbocycles. The average molecular weight is 611 g/mol. The molecular weight excluding hydrogens is 561 g/mol. The lowest BCUT2D eigenvalue weighted by Gasteiger charge is -2.33. The summed E-state index contributed by atoms with van der Waals surface area (Å²) in [6, 6.07) is 29.5. The second kappa shape index (κ2) is 12.6. The minimum absolute atomic E-state index is 0.600. The first-order valence-electron chi connectivity index (χ1n) is 16.9. The van der Waals surface area contributed by atoms with E-state index < -0.39 is 16.1 Å². The Balaban J connectivity index is 2.01. The van der Waals surface area contributed by atoms with Crippen LogP contribution in [-0.4, -0.2) is 16.1 Å². The largest absolute Gasteiger partial charge is 0.143 e. The zero-order valence-corrected chi connectivity index (χ0v) is 30.7. The van der Waals surface area contributed by atoms with E-state index in [0.29, 0.717) is 22.2 Å². The van der Waals surface area contributed by atoms with Gasteiger partial charge in [0.2, 0.25) is 0 Å². The lowest BCUT2D eigenvalue weighted by molar-refractivity contribution is 0.900. The topological polar surface area (TPSA) is 0 Å². The van der Waals surface area contributed by atoms with Gasteiger partial charge in [-0.05, 0) is 102 Å². The lowest BCUT2D eigenvalue weighted by atomic mass is 9.89. The van der Waals surface area contributed by atoms with Crippen LogP contribution in [0, 0.1) is 22.9 Å². The zero-order valence-electron chi connectivity index (χ0n) is 28.7. The van der Waals surface area contributed by atoms with Crippen LogP contribution in [-0.2, 0) is 0 Å². The van der Waals surface area contributed by atoms with Crippen LogP contribution in [0.4, 0.5) is 0 Å². The quantitative estimate of drug-likeness (QED) is 0.102. The summed E-state index contributed by atoms with van der Waals surface area (Å²) in [7, 11) is -3.71. The Morgan fingerprint density at radius 3 is 0.909 bits per heavy atom. The van der Waals surface area contributed by atoms with Gasteiger partial charge in [-0.25, -0.2) is 0 Å². The second-order valence-electron chi connectivity index (χ2n) is 14.1. The van der Waals surface area contributed by atoms with Gasteiger partial charge in [-0.15, -0.1) is 11.1 Å². The molecule has 0 saturated carbocycles. The third kappa shape index (κ3) is 5.42. The molecule has 0 saturated heterocycles. The van der Waals surface area contributed by atoms with Crippen LogP contribution in [0.1, 0.15) is 80.4 Å². The van der Waals surface area contributed by atoms with E-state index in [1.54, 1.807) is 0 Å². The van der Waals surface area contributed by atoms with Crippen LogP contribution in [0.2, 0.25) is 34.3 Å². The smallest absolute Gasteiger partial charge is 0.125 e. The highest BCUT2D eigenvalue weighted by atomic mass is 28.3. The van der Waals surface area contributed by atoms with Gasteiger partial charge in [0, 0.05) is 11.1 Å². The average Bonchev–Trinajstić information content (AvgIpc) is 3.00. The first kappa shape index (κ1) is 32.1. The van der Waals surface area contributed by atoms with Crippen LogP contribution >= 0.6 is 0 Å². The molecule has 0 amide bonds. The van der Waals surface area contributed by atoms with Gasteiger partial charge in [0.25, 0.3) is 0 Å². The van der Waals surface area contributed by atoms with E-state index in [-0.39, 0.29) is 0 Å². The van der Waals surface area contributed by atoms with Gasteiger partial charge in [-0.2, -0.15) is 0 Å². The van der Waals surface area contributed by atoms with Crippen molar-refractivity contribution < 1.29 is 0 Å². The Bertz CT molecular complexity index is 1710. The molecule has 0 spiro atoms. The molecule has 0 aliphatic rings. The van der Waals surface area contributed by atoms with Crippen LogP contribution < -0.4 is 0 Å². The molecule has 0 aromatic heterocycles. The molecule has 5 aromatic carbocycles. The highest BCUT2D eigenvalue weighted by Gasteiger charge is 2.38. The van der Waals surface area contributed by atoms with Crippen molar-refractivity contribution in [2.45, 2.75) is 103 Å². The van der Waals surface area contributed by atoms with Gasteiger partial charge >= 0.3 is 0 Å². The third-order valence-corrected chi connectivity index (χ3v) is 22.7. The maximum atomic E-state index is 4.05. The molecule has 0 N–H and O–H groups in total. The van der Waals surface area contributed by atoms with E-state index in [4.69, 9.17) is 0 Å². The van der Waals surface area contributed by atoms with Crippen molar-refractivity contribution in [3.05, 3.63) is 83.9 Å². The lowest BCUT2D eigenvalue weighted by Crippen LogP contribution is -2.39. The van der Waals surface area contributed by atoms with Crippen molar-refractivity contribution in [1.82, 2.24) is 0 Å². The molecule has 5 rings (SSSR count). The summed E-state index contributed by atoms with van der Waals surface area (Å²) in [6.45, 7) is 23.9. The molecule has 2 heteroatoms. The molecule has 5 aromatic rings.